The van der Waals surface area contributed by atoms with Crippen molar-refractivity contribution in [3.8, 4) is 22.8 Å². The van der Waals surface area contributed by atoms with Gasteiger partial charge in [-0.05, 0) is 42.7 Å². The van der Waals surface area contributed by atoms with Crippen LogP contribution in [0.3, 0.4) is 0 Å². The van der Waals surface area contributed by atoms with Gasteiger partial charge in [0.25, 0.3) is 0 Å². The second-order valence-corrected chi connectivity index (χ2v) is 7.39. The molecule has 0 spiro atoms. The SMILES string of the molecule is COc1ccc(Nc2nccc(-c3cnc4c(c3)C(C)(CO)CC4)n2)c(OC)c1. The third kappa shape index (κ3) is 3.61. The lowest BCUT2D eigenvalue weighted by atomic mass is 9.85. The number of fused-ring (bicyclic) bond motifs is 1. The number of ether oxygens (including phenoxy) is 2. The Morgan fingerprint density at radius 2 is 2.00 bits per heavy atom. The van der Waals surface area contributed by atoms with E-state index in [0.29, 0.717) is 17.4 Å². The molecule has 2 N–H and O–H groups in total. The van der Waals surface area contributed by atoms with Crippen LogP contribution in [0, 0.1) is 0 Å². The smallest absolute Gasteiger partial charge is 0.227 e. The molecule has 4 rings (SSSR count). The molecule has 0 saturated heterocycles. The molecule has 1 aromatic carbocycles. The molecular formula is C22H24N4O3. The molecule has 7 heteroatoms. The van der Waals surface area contributed by atoms with Gasteiger partial charge in [-0.1, -0.05) is 6.92 Å². The first-order valence-electron chi connectivity index (χ1n) is 9.49. The van der Waals surface area contributed by atoms with Gasteiger partial charge in [0.2, 0.25) is 5.95 Å². The summed E-state index contributed by atoms with van der Waals surface area (Å²) in [7, 11) is 3.21. The van der Waals surface area contributed by atoms with Crippen molar-refractivity contribution in [2.45, 2.75) is 25.2 Å². The third-order valence-electron chi connectivity index (χ3n) is 5.49. The summed E-state index contributed by atoms with van der Waals surface area (Å²) in [6, 6.07) is 9.44. The van der Waals surface area contributed by atoms with E-state index in [-0.39, 0.29) is 12.0 Å². The Hall–Kier alpha value is -3.19. The monoisotopic (exact) mass is 392 g/mol. The minimum atomic E-state index is -0.247. The summed E-state index contributed by atoms with van der Waals surface area (Å²) in [6.07, 6.45) is 5.34. The van der Waals surface area contributed by atoms with Crippen LogP contribution in [-0.2, 0) is 11.8 Å². The normalized spacial score (nSPS) is 17.7. The van der Waals surface area contributed by atoms with E-state index >= 15 is 0 Å². The van der Waals surface area contributed by atoms with Crippen LogP contribution in [0.1, 0.15) is 24.6 Å². The van der Waals surface area contributed by atoms with E-state index in [4.69, 9.17) is 9.47 Å². The largest absolute Gasteiger partial charge is 0.497 e. The highest BCUT2D eigenvalue weighted by Gasteiger charge is 2.34. The van der Waals surface area contributed by atoms with Crippen molar-refractivity contribution in [2.75, 3.05) is 26.1 Å². The summed E-state index contributed by atoms with van der Waals surface area (Å²) in [5, 5.41) is 13.0. The molecular weight excluding hydrogens is 368 g/mol. The van der Waals surface area contributed by atoms with Crippen LogP contribution < -0.4 is 14.8 Å². The molecule has 7 nitrogen and oxygen atoms in total. The zero-order valence-corrected chi connectivity index (χ0v) is 16.8. The van der Waals surface area contributed by atoms with Gasteiger partial charge in [0.1, 0.15) is 11.5 Å². The summed E-state index contributed by atoms with van der Waals surface area (Å²) in [5.74, 6) is 1.80. The van der Waals surface area contributed by atoms with Crippen LogP contribution >= 0.6 is 0 Å². The van der Waals surface area contributed by atoms with Gasteiger partial charge in [-0.3, -0.25) is 4.98 Å². The number of aliphatic hydroxyl groups is 1. The van der Waals surface area contributed by atoms with Gasteiger partial charge in [-0.15, -0.1) is 0 Å². The predicted octanol–water partition coefficient (Wildman–Crippen LogP) is 3.50. The van der Waals surface area contributed by atoms with Gasteiger partial charge < -0.3 is 19.9 Å². The Morgan fingerprint density at radius 1 is 1.14 bits per heavy atom. The standard InChI is InChI=1S/C22H24N4O3/c1-22(13-27)8-6-18-16(22)10-14(12-24-18)17-7-9-23-21(25-17)26-19-5-4-15(28-2)11-20(19)29-3/h4-5,7,9-12,27H,6,8,13H2,1-3H3,(H,23,25,26). The Labute approximate surface area is 169 Å². The summed E-state index contributed by atoms with van der Waals surface area (Å²) < 4.78 is 10.7. The summed E-state index contributed by atoms with van der Waals surface area (Å²) >= 11 is 0. The average molecular weight is 392 g/mol. The molecule has 0 amide bonds. The first-order valence-corrected chi connectivity index (χ1v) is 9.49. The number of hydrogen-bond donors (Lipinski definition) is 2. The van der Waals surface area contributed by atoms with E-state index in [1.165, 1.54) is 0 Å². The van der Waals surface area contributed by atoms with Gasteiger partial charge >= 0.3 is 0 Å². The number of aliphatic hydroxyl groups excluding tert-OH is 1. The molecule has 29 heavy (non-hydrogen) atoms. The number of nitrogens with zero attached hydrogens (tertiary/aromatic N) is 3. The molecule has 0 bridgehead atoms. The molecule has 1 atom stereocenters. The van der Waals surface area contributed by atoms with Crippen molar-refractivity contribution in [3.05, 3.63) is 54.0 Å². The molecule has 2 aromatic heterocycles. The first kappa shape index (κ1) is 19.1. The highest BCUT2D eigenvalue weighted by atomic mass is 16.5. The third-order valence-corrected chi connectivity index (χ3v) is 5.49. The van der Waals surface area contributed by atoms with Crippen LogP contribution in [0.25, 0.3) is 11.3 Å². The lowest BCUT2D eigenvalue weighted by molar-refractivity contribution is 0.206. The number of aromatic nitrogens is 3. The molecule has 0 aliphatic heterocycles. The van der Waals surface area contributed by atoms with Gasteiger partial charge in [0.05, 0.1) is 32.2 Å². The second-order valence-electron chi connectivity index (χ2n) is 7.39. The fraction of sp³-hybridized carbons (Fsp3) is 0.318. The minimum Gasteiger partial charge on any atom is -0.497 e. The molecule has 1 unspecified atom stereocenters. The minimum absolute atomic E-state index is 0.110. The number of benzene rings is 1. The van der Waals surface area contributed by atoms with Crippen LogP contribution in [0.2, 0.25) is 0 Å². The topological polar surface area (TPSA) is 89.4 Å². The Bertz CT molecular complexity index is 1040. The van der Waals surface area contributed by atoms with Crippen molar-refractivity contribution in [1.82, 2.24) is 15.0 Å². The van der Waals surface area contributed by atoms with E-state index in [2.05, 4.69) is 33.3 Å². The Morgan fingerprint density at radius 3 is 2.76 bits per heavy atom. The van der Waals surface area contributed by atoms with E-state index in [9.17, 15) is 5.11 Å². The molecule has 2 heterocycles. The predicted molar refractivity (Wildman–Crippen MR) is 111 cm³/mol. The van der Waals surface area contributed by atoms with Gasteiger partial charge in [0, 0.05) is 35.1 Å². The van der Waals surface area contributed by atoms with E-state index in [0.717, 1.165) is 41.0 Å². The number of aryl methyl sites for hydroxylation is 1. The number of methoxy groups -OCH3 is 2. The van der Waals surface area contributed by atoms with Crippen LogP contribution in [0.15, 0.2) is 42.7 Å². The van der Waals surface area contributed by atoms with Crippen molar-refractivity contribution < 1.29 is 14.6 Å². The number of hydrogen-bond acceptors (Lipinski definition) is 7. The second kappa shape index (κ2) is 7.67. The molecule has 1 aliphatic rings. The van der Waals surface area contributed by atoms with Crippen LogP contribution in [0.4, 0.5) is 11.6 Å². The number of pyridine rings is 1. The lowest BCUT2D eigenvalue weighted by Crippen LogP contribution is -2.23. The van der Waals surface area contributed by atoms with Crippen molar-refractivity contribution in [3.63, 3.8) is 0 Å². The van der Waals surface area contributed by atoms with Gasteiger partial charge in [0.15, 0.2) is 0 Å². The number of nitrogens with one attached hydrogen (secondary N) is 1. The molecule has 0 radical (unpaired) electrons. The van der Waals surface area contributed by atoms with E-state index < -0.39 is 0 Å². The maximum Gasteiger partial charge on any atom is 0.227 e. The zero-order valence-electron chi connectivity index (χ0n) is 16.8. The fourth-order valence-corrected chi connectivity index (χ4v) is 3.65. The quantitative estimate of drug-likeness (QED) is 0.664. The fourth-order valence-electron chi connectivity index (χ4n) is 3.65. The van der Waals surface area contributed by atoms with Gasteiger partial charge in [-0.25, -0.2) is 9.97 Å². The van der Waals surface area contributed by atoms with Crippen molar-refractivity contribution in [2.24, 2.45) is 0 Å². The van der Waals surface area contributed by atoms with Crippen molar-refractivity contribution in [1.29, 1.82) is 0 Å². The molecule has 3 aromatic rings. The number of anilines is 2. The highest BCUT2D eigenvalue weighted by Crippen LogP contribution is 2.39. The molecule has 0 fully saturated rings. The van der Waals surface area contributed by atoms with Crippen LogP contribution in [-0.4, -0.2) is 40.9 Å². The number of rotatable bonds is 6. The highest BCUT2D eigenvalue weighted by molar-refractivity contribution is 5.67. The average Bonchev–Trinajstić information content (AvgIpc) is 3.11. The summed E-state index contributed by atoms with van der Waals surface area (Å²) in [5.41, 5.74) is 4.31. The molecule has 150 valence electrons. The molecule has 0 saturated carbocycles. The maximum atomic E-state index is 9.84. The lowest BCUT2D eigenvalue weighted by Gasteiger charge is -2.22. The Kier molecular flexibility index (Phi) is 5.07. The van der Waals surface area contributed by atoms with E-state index in [1.54, 1.807) is 26.5 Å². The molecule has 1 aliphatic carbocycles. The van der Waals surface area contributed by atoms with Crippen molar-refractivity contribution >= 4 is 11.6 Å². The summed E-state index contributed by atoms with van der Waals surface area (Å²) in [4.78, 5) is 13.6. The van der Waals surface area contributed by atoms with Crippen LogP contribution in [0.5, 0.6) is 11.5 Å². The van der Waals surface area contributed by atoms with Gasteiger partial charge in [-0.2, -0.15) is 0 Å². The summed E-state index contributed by atoms with van der Waals surface area (Å²) in [6.45, 7) is 2.19. The maximum absolute atomic E-state index is 9.84. The first-order chi connectivity index (χ1) is 14.1. The zero-order chi connectivity index (χ0) is 20.4. The van der Waals surface area contributed by atoms with E-state index in [1.807, 2.05) is 24.4 Å². The Balaban J connectivity index is 1.65.